The average Bonchev–Trinajstić information content (AvgIpc) is 3.01. The van der Waals surface area contributed by atoms with E-state index in [1.54, 1.807) is 12.1 Å². The molecule has 2 heterocycles. The van der Waals surface area contributed by atoms with Crippen molar-refractivity contribution in [3.05, 3.63) is 70.6 Å². The molecular formula is C16H9NO3. The Kier molecular flexibility index (Phi) is 2.94. The summed E-state index contributed by atoms with van der Waals surface area (Å²) in [5.74, 6) is 0.918. The van der Waals surface area contributed by atoms with Crippen molar-refractivity contribution in [3.8, 4) is 28.9 Å². The van der Waals surface area contributed by atoms with E-state index in [-0.39, 0.29) is 16.8 Å². The van der Waals surface area contributed by atoms with Gasteiger partial charge in [-0.3, -0.25) is 4.79 Å². The van der Waals surface area contributed by atoms with Gasteiger partial charge in [0.2, 0.25) is 5.43 Å². The summed E-state index contributed by atoms with van der Waals surface area (Å²) in [5.41, 5.74) is 0.325. The van der Waals surface area contributed by atoms with Gasteiger partial charge in [0.1, 0.15) is 17.4 Å². The van der Waals surface area contributed by atoms with Crippen molar-refractivity contribution in [2.45, 2.75) is 0 Å². The molecule has 0 aliphatic carbocycles. The molecule has 3 aromatic rings. The van der Waals surface area contributed by atoms with E-state index in [0.717, 1.165) is 5.56 Å². The van der Waals surface area contributed by atoms with Crippen molar-refractivity contribution in [3.63, 3.8) is 0 Å². The SMILES string of the molecule is N#Cc1c(-c2ccco2)oc(-c2ccccc2)cc1=O. The summed E-state index contributed by atoms with van der Waals surface area (Å²) in [7, 11) is 0. The molecule has 96 valence electrons. The topological polar surface area (TPSA) is 67.1 Å². The fraction of sp³-hybridized carbons (Fsp3) is 0. The zero-order chi connectivity index (χ0) is 13.9. The smallest absolute Gasteiger partial charge is 0.204 e. The van der Waals surface area contributed by atoms with Gasteiger partial charge < -0.3 is 8.83 Å². The van der Waals surface area contributed by atoms with Crippen LogP contribution in [-0.2, 0) is 0 Å². The van der Waals surface area contributed by atoms with Gasteiger partial charge in [0.05, 0.1) is 6.26 Å². The zero-order valence-electron chi connectivity index (χ0n) is 10.4. The number of benzene rings is 1. The van der Waals surface area contributed by atoms with Gasteiger partial charge in [-0.25, -0.2) is 0 Å². The van der Waals surface area contributed by atoms with Crippen molar-refractivity contribution in [2.24, 2.45) is 0 Å². The molecule has 0 N–H and O–H groups in total. The number of hydrogen-bond acceptors (Lipinski definition) is 4. The Morgan fingerprint density at radius 1 is 1.00 bits per heavy atom. The Bertz CT molecular complexity index is 824. The minimum Gasteiger partial charge on any atom is -0.461 e. The average molecular weight is 263 g/mol. The molecule has 0 radical (unpaired) electrons. The number of nitrogens with zero attached hydrogens (tertiary/aromatic N) is 1. The molecule has 0 saturated carbocycles. The summed E-state index contributed by atoms with van der Waals surface area (Å²) in [6, 6.07) is 15.7. The van der Waals surface area contributed by atoms with Gasteiger partial charge in [-0.15, -0.1) is 0 Å². The second kappa shape index (κ2) is 4.90. The molecule has 4 nitrogen and oxygen atoms in total. The molecule has 0 saturated heterocycles. The zero-order valence-corrected chi connectivity index (χ0v) is 10.4. The van der Waals surface area contributed by atoms with E-state index in [1.807, 2.05) is 36.4 Å². The van der Waals surface area contributed by atoms with E-state index in [9.17, 15) is 4.79 Å². The van der Waals surface area contributed by atoms with E-state index < -0.39 is 0 Å². The molecule has 0 unspecified atom stereocenters. The standard InChI is InChI=1S/C16H9NO3/c17-10-12-13(18)9-15(11-5-2-1-3-6-11)20-16(12)14-7-4-8-19-14/h1-9H. The Balaban J connectivity index is 2.27. The Hall–Kier alpha value is -3.06. The van der Waals surface area contributed by atoms with Crippen LogP contribution in [0, 0.1) is 11.3 Å². The highest BCUT2D eigenvalue weighted by Crippen LogP contribution is 2.27. The molecular weight excluding hydrogens is 254 g/mol. The number of furan rings is 1. The highest BCUT2D eigenvalue weighted by Gasteiger charge is 2.16. The van der Waals surface area contributed by atoms with Crippen LogP contribution in [-0.4, -0.2) is 0 Å². The van der Waals surface area contributed by atoms with E-state index in [0.29, 0.717) is 11.5 Å². The van der Waals surface area contributed by atoms with Gasteiger partial charge in [0, 0.05) is 11.6 Å². The van der Waals surface area contributed by atoms with Gasteiger partial charge in [0.25, 0.3) is 0 Å². The predicted octanol–water partition coefficient (Wildman–Crippen LogP) is 3.44. The molecule has 0 aliphatic heterocycles. The minimum absolute atomic E-state index is 0.0559. The summed E-state index contributed by atoms with van der Waals surface area (Å²) >= 11 is 0. The largest absolute Gasteiger partial charge is 0.461 e. The first-order valence-electron chi connectivity index (χ1n) is 5.97. The van der Waals surface area contributed by atoms with Crippen LogP contribution in [0.1, 0.15) is 5.56 Å². The molecule has 20 heavy (non-hydrogen) atoms. The van der Waals surface area contributed by atoms with Crippen LogP contribution in [0.25, 0.3) is 22.8 Å². The molecule has 0 amide bonds. The molecule has 3 rings (SSSR count). The van der Waals surface area contributed by atoms with E-state index >= 15 is 0 Å². The van der Waals surface area contributed by atoms with Gasteiger partial charge in [-0.05, 0) is 12.1 Å². The van der Waals surface area contributed by atoms with Crippen LogP contribution in [0.2, 0.25) is 0 Å². The molecule has 1 aromatic carbocycles. The fourth-order valence-corrected chi connectivity index (χ4v) is 1.93. The van der Waals surface area contributed by atoms with Gasteiger partial charge in [0.15, 0.2) is 11.5 Å². The Morgan fingerprint density at radius 2 is 1.80 bits per heavy atom. The first kappa shape index (κ1) is 12.0. The highest BCUT2D eigenvalue weighted by atomic mass is 16.4. The van der Waals surface area contributed by atoms with E-state index in [2.05, 4.69) is 0 Å². The summed E-state index contributed by atoms with van der Waals surface area (Å²) in [5, 5.41) is 9.11. The number of hydrogen-bond donors (Lipinski definition) is 0. The maximum atomic E-state index is 12.0. The van der Waals surface area contributed by atoms with Crippen molar-refractivity contribution in [2.75, 3.05) is 0 Å². The van der Waals surface area contributed by atoms with Gasteiger partial charge in [-0.1, -0.05) is 30.3 Å². The normalized spacial score (nSPS) is 10.2. The Labute approximate surface area is 114 Å². The van der Waals surface area contributed by atoms with Crippen LogP contribution in [0.15, 0.2) is 68.4 Å². The predicted molar refractivity (Wildman–Crippen MR) is 72.8 cm³/mol. The number of nitriles is 1. The third-order valence-corrected chi connectivity index (χ3v) is 2.86. The second-order valence-electron chi connectivity index (χ2n) is 4.13. The van der Waals surface area contributed by atoms with Crippen LogP contribution < -0.4 is 5.43 Å². The quantitative estimate of drug-likeness (QED) is 0.710. The second-order valence-corrected chi connectivity index (χ2v) is 4.13. The lowest BCUT2D eigenvalue weighted by Crippen LogP contribution is -2.06. The summed E-state index contributed by atoms with van der Waals surface area (Å²) in [6.45, 7) is 0. The highest BCUT2D eigenvalue weighted by molar-refractivity contribution is 5.64. The summed E-state index contributed by atoms with van der Waals surface area (Å²) in [6.07, 6.45) is 1.46. The molecule has 2 aromatic heterocycles. The Morgan fingerprint density at radius 3 is 2.45 bits per heavy atom. The van der Waals surface area contributed by atoms with Gasteiger partial charge >= 0.3 is 0 Å². The third-order valence-electron chi connectivity index (χ3n) is 2.86. The van der Waals surface area contributed by atoms with Crippen molar-refractivity contribution >= 4 is 0 Å². The van der Waals surface area contributed by atoms with E-state index in [1.165, 1.54) is 12.3 Å². The lowest BCUT2D eigenvalue weighted by atomic mass is 10.1. The first-order chi connectivity index (χ1) is 9.79. The maximum absolute atomic E-state index is 12.0. The molecule has 0 aliphatic rings. The van der Waals surface area contributed by atoms with Crippen molar-refractivity contribution in [1.82, 2.24) is 0 Å². The van der Waals surface area contributed by atoms with Crippen molar-refractivity contribution in [1.29, 1.82) is 5.26 Å². The molecule has 0 spiro atoms. The van der Waals surface area contributed by atoms with Crippen molar-refractivity contribution < 1.29 is 8.83 Å². The van der Waals surface area contributed by atoms with Gasteiger partial charge in [-0.2, -0.15) is 5.26 Å². The summed E-state index contributed by atoms with van der Waals surface area (Å²) < 4.78 is 10.9. The van der Waals surface area contributed by atoms with Crippen LogP contribution in [0.3, 0.4) is 0 Å². The minimum atomic E-state index is -0.385. The molecule has 0 atom stereocenters. The van der Waals surface area contributed by atoms with Crippen LogP contribution in [0.4, 0.5) is 0 Å². The lowest BCUT2D eigenvalue weighted by molar-refractivity contribution is 0.520. The fourth-order valence-electron chi connectivity index (χ4n) is 1.93. The van der Waals surface area contributed by atoms with Crippen LogP contribution in [0.5, 0.6) is 0 Å². The van der Waals surface area contributed by atoms with Crippen LogP contribution >= 0.6 is 0 Å². The molecule has 0 fully saturated rings. The molecule has 0 bridgehead atoms. The molecule has 4 heteroatoms. The summed E-state index contributed by atoms with van der Waals surface area (Å²) in [4.78, 5) is 12.0. The first-order valence-corrected chi connectivity index (χ1v) is 5.97. The monoisotopic (exact) mass is 263 g/mol. The number of rotatable bonds is 2. The third kappa shape index (κ3) is 2.02. The van der Waals surface area contributed by atoms with E-state index in [4.69, 9.17) is 14.1 Å². The lowest BCUT2D eigenvalue weighted by Gasteiger charge is -2.04. The maximum Gasteiger partial charge on any atom is 0.204 e.